The summed E-state index contributed by atoms with van der Waals surface area (Å²) in [5, 5.41) is 6.48. The van der Waals surface area contributed by atoms with E-state index in [1.54, 1.807) is 24.3 Å². The Balaban J connectivity index is 1.87. The van der Waals surface area contributed by atoms with E-state index < -0.39 is 5.92 Å². The van der Waals surface area contributed by atoms with Crippen LogP contribution in [0.3, 0.4) is 0 Å². The van der Waals surface area contributed by atoms with Crippen LogP contribution in [0.1, 0.15) is 31.2 Å². The van der Waals surface area contributed by atoms with E-state index in [0.717, 1.165) is 5.56 Å². The third-order valence-electron chi connectivity index (χ3n) is 3.42. The second-order valence-corrected chi connectivity index (χ2v) is 4.93. The van der Waals surface area contributed by atoms with Gasteiger partial charge in [-0.15, -0.1) is 0 Å². The van der Waals surface area contributed by atoms with Crippen LogP contribution in [0.5, 0.6) is 0 Å². The van der Waals surface area contributed by atoms with Crippen LogP contribution in [0.25, 0.3) is 0 Å². The second kappa shape index (κ2) is 5.04. The van der Waals surface area contributed by atoms with Gasteiger partial charge in [0, 0.05) is 44.1 Å². The Labute approximate surface area is 104 Å². The summed E-state index contributed by atoms with van der Waals surface area (Å²) in [6, 6.07) is 0. The SMILES string of the molecule is CN(Cc1cn[nH]c1)C(=O)C1CCC(F)(F)CC1. The quantitative estimate of drug-likeness (QED) is 0.902. The van der Waals surface area contributed by atoms with Crippen molar-refractivity contribution >= 4 is 5.91 Å². The smallest absolute Gasteiger partial charge is 0.248 e. The second-order valence-electron chi connectivity index (χ2n) is 4.93. The Morgan fingerprint density at radius 1 is 1.56 bits per heavy atom. The van der Waals surface area contributed by atoms with E-state index in [4.69, 9.17) is 0 Å². The molecular weight excluding hydrogens is 240 g/mol. The fourth-order valence-electron chi connectivity index (χ4n) is 2.31. The number of nitrogens with one attached hydrogen (secondary N) is 1. The molecule has 6 heteroatoms. The van der Waals surface area contributed by atoms with Crippen molar-refractivity contribution in [2.45, 2.75) is 38.2 Å². The molecule has 1 amide bonds. The number of alkyl halides is 2. The summed E-state index contributed by atoms with van der Waals surface area (Å²) in [5.41, 5.74) is 0.909. The van der Waals surface area contributed by atoms with Crippen molar-refractivity contribution in [2.75, 3.05) is 7.05 Å². The summed E-state index contributed by atoms with van der Waals surface area (Å²) >= 11 is 0. The van der Waals surface area contributed by atoms with Gasteiger partial charge in [-0.1, -0.05) is 0 Å². The third kappa shape index (κ3) is 3.05. The number of carbonyl (C=O) groups is 1. The molecule has 1 heterocycles. The van der Waals surface area contributed by atoms with Gasteiger partial charge in [0.25, 0.3) is 0 Å². The Morgan fingerprint density at radius 2 is 2.22 bits per heavy atom. The fraction of sp³-hybridized carbons (Fsp3) is 0.667. The van der Waals surface area contributed by atoms with Crippen molar-refractivity contribution in [3.8, 4) is 0 Å². The molecular formula is C12H17F2N3O. The largest absolute Gasteiger partial charge is 0.341 e. The van der Waals surface area contributed by atoms with Crippen LogP contribution in [0.4, 0.5) is 8.78 Å². The van der Waals surface area contributed by atoms with Crippen molar-refractivity contribution < 1.29 is 13.6 Å². The number of nitrogens with zero attached hydrogens (tertiary/aromatic N) is 2. The van der Waals surface area contributed by atoms with Crippen LogP contribution >= 0.6 is 0 Å². The monoisotopic (exact) mass is 257 g/mol. The molecule has 0 aromatic carbocycles. The Bertz CT molecular complexity index is 395. The van der Waals surface area contributed by atoms with Gasteiger partial charge < -0.3 is 4.90 Å². The molecule has 1 aliphatic rings. The first-order valence-electron chi connectivity index (χ1n) is 6.08. The van der Waals surface area contributed by atoms with Gasteiger partial charge in [0.2, 0.25) is 11.8 Å². The van der Waals surface area contributed by atoms with Crippen LogP contribution < -0.4 is 0 Å². The molecule has 1 saturated carbocycles. The molecule has 0 bridgehead atoms. The van der Waals surface area contributed by atoms with E-state index in [1.165, 1.54) is 0 Å². The van der Waals surface area contributed by atoms with Crippen LogP contribution in [0.2, 0.25) is 0 Å². The highest BCUT2D eigenvalue weighted by Gasteiger charge is 2.38. The minimum absolute atomic E-state index is 0.0494. The van der Waals surface area contributed by atoms with E-state index in [2.05, 4.69) is 10.2 Å². The predicted octanol–water partition coefficient (Wildman–Crippen LogP) is 2.19. The van der Waals surface area contributed by atoms with Crippen molar-refractivity contribution in [3.05, 3.63) is 18.0 Å². The fourth-order valence-corrected chi connectivity index (χ4v) is 2.31. The molecule has 0 unspecified atom stereocenters. The summed E-state index contributed by atoms with van der Waals surface area (Å²) in [4.78, 5) is 13.7. The molecule has 0 radical (unpaired) electrons. The minimum atomic E-state index is -2.58. The van der Waals surface area contributed by atoms with Crippen LogP contribution in [-0.2, 0) is 11.3 Å². The molecule has 1 N–H and O–H groups in total. The average Bonchev–Trinajstić information content (AvgIpc) is 2.81. The highest BCUT2D eigenvalue weighted by molar-refractivity contribution is 5.78. The average molecular weight is 257 g/mol. The van der Waals surface area contributed by atoms with Crippen molar-refractivity contribution in [1.29, 1.82) is 0 Å². The molecule has 1 fully saturated rings. The maximum absolute atomic E-state index is 13.0. The van der Waals surface area contributed by atoms with Gasteiger partial charge in [-0.25, -0.2) is 8.78 Å². The first-order chi connectivity index (χ1) is 8.48. The number of hydrogen-bond donors (Lipinski definition) is 1. The van der Waals surface area contributed by atoms with Gasteiger partial charge in [0.15, 0.2) is 0 Å². The molecule has 1 aromatic rings. The van der Waals surface area contributed by atoms with E-state index in [1.807, 2.05) is 0 Å². The molecule has 0 spiro atoms. The van der Waals surface area contributed by atoms with E-state index in [0.29, 0.717) is 6.54 Å². The Kier molecular flexibility index (Phi) is 3.63. The lowest BCUT2D eigenvalue weighted by Crippen LogP contribution is -2.36. The molecule has 2 rings (SSSR count). The molecule has 18 heavy (non-hydrogen) atoms. The van der Waals surface area contributed by atoms with Gasteiger partial charge in [0.05, 0.1) is 6.20 Å². The van der Waals surface area contributed by atoms with E-state index >= 15 is 0 Å². The molecule has 1 aliphatic carbocycles. The maximum Gasteiger partial charge on any atom is 0.248 e. The summed E-state index contributed by atoms with van der Waals surface area (Å²) in [6.45, 7) is 0.461. The number of rotatable bonds is 3. The number of aromatic nitrogens is 2. The topological polar surface area (TPSA) is 49.0 Å². The zero-order valence-corrected chi connectivity index (χ0v) is 10.3. The van der Waals surface area contributed by atoms with Crippen LogP contribution in [-0.4, -0.2) is 34.0 Å². The number of halogens is 2. The highest BCUT2D eigenvalue weighted by atomic mass is 19.3. The normalized spacial score (nSPS) is 19.7. The lowest BCUT2D eigenvalue weighted by Gasteiger charge is -2.30. The number of carbonyl (C=O) groups excluding carboxylic acids is 1. The Hall–Kier alpha value is -1.46. The van der Waals surface area contributed by atoms with Gasteiger partial charge in [-0.3, -0.25) is 9.89 Å². The van der Waals surface area contributed by atoms with Gasteiger partial charge in [-0.05, 0) is 12.8 Å². The summed E-state index contributed by atoms with van der Waals surface area (Å²) in [5.74, 6) is -2.90. The summed E-state index contributed by atoms with van der Waals surface area (Å²) in [6.07, 6.45) is 3.58. The van der Waals surface area contributed by atoms with Crippen LogP contribution in [0.15, 0.2) is 12.4 Å². The minimum Gasteiger partial charge on any atom is -0.341 e. The first-order valence-corrected chi connectivity index (χ1v) is 6.08. The lowest BCUT2D eigenvalue weighted by atomic mass is 9.86. The standard InChI is InChI=1S/C12H17F2N3O/c1-17(8-9-6-15-16-7-9)11(18)10-2-4-12(13,14)5-3-10/h6-7,10H,2-5,8H2,1H3,(H,15,16). The van der Waals surface area contributed by atoms with E-state index in [9.17, 15) is 13.6 Å². The molecule has 0 saturated heterocycles. The molecule has 0 aliphatic heterocycles. The van der Waals surface area contributed by atoms with E-state index in [-0.39, 0.29) is 37.5 Å². The lowest BCUT2D eigenvalue weighted by molar-refractivity contribution is -0.138. The first kappa shape index (κ1) is 13.0. The van der Waals surface area contributed by atoms with Gasteiger partial charge in [0.1, 0.15) is 0 Å². The van der Waals surface area contributed by atoms with Gasteiger partial charge >= 0.3 is 0 Å². The van der Waals surface area contributed by atoms with Crippen molar-refractivity contribution in [2.24, 2.45) is 5.92 Å². The maximum atomic E-state index is 13.0. The molecule has 4 nitrogen and oxygen atoms in total. The van der Waals surface area contributed by atoms with Crippen molar-refractivity contribution in [3.63, 3.8) is 0 Å². The summed E-state index contributed by atoms with van der Waals surface area (Å²) in [7, 11) is 1.70. The predicted molar refractivity (Wildman–Crippen MR) is 62.0 cm³/mol. The van der Waals surface area contributed by atoms with Crippen LogP contribution in [0, 0.1) is 5.92 Å². The highest BCUT2D eigenvalue weighted by Crippen LogP contribution is 2.36. The zero-order chi connectivity index (χ0) is 13.2. The summed E-state index contributed by atoms with van der Waals surface area (Å²) < 4.78 is 26.0. The number of hydrogen-bond acceptors (Lipinski definition) is 2. The molecule has 100 valence electrons. The Morgan fingerprint density at radius 3 is 2.78 bits per heavy atom. The zero-order valence-electron chi connectivity index (χ0n) is 10.3. The number of amides is 1. The molecule has 0 atom stereocenters. The van der Waals surface area contributed by atoms with Gasteiger partial charge in [-0.2, -0.15) is 5.10 Å². The number of H-pyrrole nitrogens is 1. The third-order valence-corrected chi connectivity index (χ3v) is 3.42. The number of aromatic amines is 1. The molecule has 1 aromatic heterocycles. The van der Waals surface area contributed by atoms with Crippen molar-refractivity contribution in [1.82, 2.24) is 15.1 Å².